The smallest absolute Gasteiger partial charge is 0.410 e. The van der Waals surface area contributed by atoms with Crippen LogP contribution in [-0.2, 0) is 27.3 Å². The summed E-state index contributed by atoms with van der Waals surface area (Å²) in [5, 5.41) is 2.54. The Morgan fingerprint density at radius 3 is 2.60 bits per heavy atom. The zero-order chi connectivity index (χ0) is 21.1. The molecular formula is C22H21FN2O5. The lowest BCUT2D eigenvalue weighted by Gasteiger charge is -2.31. The fraction of sp³-hybridized carbons (Fsp3) is 0.318. The van der Waals surface area contributed by atoms with E-state index in [4.69, 9.17) is 9.47 Å². The summed E-state index contributed by atoms with van der Waals surface area (Å²) in [5.74, 6) is -1.73. The Bertz CT molecular complexity index is 971. The molecule has 1 N–H and O–H groups in total. The number of halogens is 1. The van der Waals surface area contributed by atoms with Crippen molar-refractivity contribution in [2.24, 2.45) is 0 Å². The van der Waals surface area contributed by atoms with Gasteiger partial charge in [0, 0.05) is 31.6 Å². The minimum absolute atomic E-state index is 0.110. The SMILES string of the molecule is O=C1Cc2cc(C(=O)OC3CCN(C(=O)OCc4ccccc4)CC3)c(F)cc2N1. The molecule has 30 heavy (non-hydrogen) atoms. The van der Waals surface area contributed by atoms with E-state index in [1.54, 1.807) is 4.90 Å². The summed E-state index contributed by atoms with van der Waals surface area (Å²) in [4.78, 5) is 37.6. The molecule has 0 bridgehead atoms. The molecule has 8 heteroatoms. The maximum atomic E-state index is 14.2. The van der Waals surface area contributed by atoms with Gasteiger partial charge in [-0.3, -0.25) is 4.79 Å². The van der Waals surface area contributed by atoms with Crippen LogP contribution in [0.2, 0.25) is 0 Å². The lowest BCUT2D eigenvalue weighted by Crippen LogP contribution is -2.41. The first kappa shape index (κ1) is 19.9. The van der Waals surface area contributed by atoms with Crippen LogP contribution >= 0.6 is 0 Å². The van der Waals surface area contributed by atoms with Crippen molar-refractivity contribution < 1.29 is 28.2 Å². The first-order chi connectivity index (χ1) is 14.5. The van der Waals surface area contributed by atoms with Gasteiger partial charge >= 0.3 is 12.1 Å². The Balaban J connectivity index is 1.28. The molecule has 7 nitrogen and oxygen atoms in total. The minimum Gasteiger partial charge on any atom is -0.459 e. The number of amides is 2. The highest BCUT2D eigenvalue weighted by Crippen LogP contribution is 2.27. The van der Waals surface area contributed by atoms with E-state index in [-0.39, 0.29) is 24.5 Å². The van der Waals surface area contributed by atoms with Crippen LogP contribution in [0.15, 0.2) is 42.5 Å². The number of ether oxygens (including phenoxy) is 2. The van der Waals surface area contributed by atoms with Crippen LogP contribution in [0.5, 0.6) is 0 Å². The van der Waals surface area contributed by atoms with Crippen molar-refractivity contribution >= 4 is 23.7 Å². The average molecular weight is 412 g/mol. The second-order valence-corrected chi connectivity index (χ2v) is 7.35. The van der Waals surface area contributed by atoms with Gasteiger partial charge in [0.15, 0.2) is 0 Å². The van der Waals surface area contributed by atoms with Crippen molar-refractivity contribution in [3.63, 3.8) is 0 Å². The monoisotopic (exact) mass is 412 g/mol. The predicted octanol–water partition coefficient (Wildman–Crippen LogP) is 3.28. The summed E-state index contributed by atoms with van der Waals surface area (Å²) in [7, 11) is 0. The van der Waals surface area contributed by atoms with Crippen molar-refractivity contribution in [1.29, 1.82) is 0 Å². The number of hydrogen-bond donors (Lipinski definition) is 1. The number of hydrogen-bond acceptors (Lipinski definition) is 5. The lowest BCUT2D eigenvalue weighted by atomic mass is 10.1. The van der Waals surface area contributed by atoms with E-state index in [1.807, 2.05) is 30.3 Å². The summed E-state index contributed by atoms with van der Waals surface area (Å²) >= 11 is 0. The molecule has 0 atom stereocenters. The number of esters is 1. The molecule has 0 saturated carbocycles. The molecular weight excluding hydrogens is 391 g/mol. The van der Waals surface area contributed by atoms with Gasteiger partial charge in [-0.15, -0.1) is 0 Å². The molecule has 2 aromatic carbocycles. The van der Waals surface area contributed by atoms with Crippen molar-refractivity contribution in [1.82, 2.24) is 4.90 Å². The van der Waals surface area contributed by atoms with Crippen molar-refractivity contribution in [3.05, 3.63) is 65.0 Å². The highest BCUT2D eigenvalue weighted by molar-refractivity contribution is 6.01. The van der Waals surface area contributed by atoms with E-state index in [9.17, 15) is 18.8 Å². The maximum Gasteiger partial charge on any atom is 0.410 e. The Morgan fingerprint density at radius 1 is 1.13 bits per heavy atom. The molecule has 2 heterocycles. The Morgan fingerprint density at radius 2 is 1.87 bits per heavy atom. The quantitative estimate of drug-likeness (QED) is 0.779. The number of nitrogens with one attached hydrogen (secondary N) is 1. The molecule has 156 valence electrons. The molecule has 0 unspecified atom stereocenters. The van der Waals surface area contributed by atoms with E-state index in [0.29, 0.717) is 37.2 Å². The van der Waals surface area contributed by atoms with Gasteiger partial charge in [0.1, 0.15) is 18.5 Å². The average Bonchev–Trinajstić information content (AvgIpc) is 3.11. The van der Waals surface area contributed by atoms with Gasteiger partial charge in [-0.2, -0.15) is 0 Å². The van der Waals surface area contributed by atoms with Crippen LogP contribution in [0.1, 0.15) is 34.3 Å². The molecule has 2 aliphatic heterocycles. The number of anilines is 1. The van der Waals surface area contributed by atoms with Crippen LogP contribution in [0.25, 0.3) is 0 Å². The van der Waals surface area contributed by atoms with E-state index >= 15 is 0 Å². The number of benzene rings is 2. The first-order valence-corrected chi connectivity index (χ1v) is 9.78. The maximum absolute atomic E-state index is 14.2. The Kier molecular flexibility index (Phi) is 5.65. The van der Waals surface area contributed by atoms with Crippen LogP contribution in [0.4, 0.5) is 14.9 Å². The number of carbonyl (C=O) groups is 3. The second kappa shape index (κ2) is 8.52. The number of piperidine rings is 1. The normalized spacial score (nSPS) is 16.0. The van der Waals surface area contributed by atoms with Gasteiger partial charge in [0.05, 0.1) is 12.0 Å². The summed E-state index contributed by atoms with van der Waals surface area (Å²) < 4.78 is 25.0. The number of carbonyl (C=O) groups excluding carboxylic acids is 3. The minimum atomic E-state index is -0.764. The molecule has 2 aromatic rings. The van der Waals surface area contributed by atoms with Gasteiger partial charge in [0.25, 0.3) is 0 Å². The molecule has 0 aliphatic carbocycles. The number of rotatable bonds is 4. The zero-order valence-electron chi connectivity index (χ0n) is 16.2. The topological polar surface area (TPSA) is 84.9 Å². The fourth-order valence-corrected chi connectivity index (χ4v) is 3.59. The van der Waals surface area contributed by atoms with Crippen LogP contribution in [-0.4, -0.2) is 42.1 Å². The standard InChI is InChI=1S/C22H21FN2O5/c23-18-12-19-15(11-20(26)24-19)10-17(18)21(27)30-16-6-8-25(9-7-16)22(28)29-13-14-4-2-1-3-5-14/h1-5,10,12,16H,6-9,11,13H2,(H,24,26). The summed E-state index contributed by atoms with van der Waals surface area (Å²) in [5.41, 5.74) is 1.68. The van der Waals surface area contributed by atoms with Gasteiger partial charge in [-0.05, 0) is 23.3 Å². The zero-order valence-corrected chi connectivity index (χ0v) is 16.2. The first-order valence-electron chi connectivity index (χ1n) is 9.78. The van der Waals surface area contributed by atoms with E-state index < -0.39 is 24.0 Å². The molecule has 0 spiro atoms. The molecule has 4 rings (SSSR count). The highest BCUT2D eigenvalue weighted by atomic mass is 19.1. The van der Waals surface area contributed by atoms with Crippen molar-refractivity contribution in [2.75, 3.05) is 18.4 Å². The third kappa shape index (κ3) is 4.42. The van der Waals surface area contributed by atoms with Crippen LogP contribution in [0.3, 0.4) is 0 Å². The van der Waals surface area contributed by atoms with Gasteiger partial charge in [-0.1, -0.05) is 30.3 Å². The summed E-state index contributed by atoms with van der Waals surface area (Å²) in [6.07, 6.45) is 0.172. The van der Waals surface area contributed by atoms with E-state index in [1.165, 1.54) is 6.07 Å². The van der Waals surface area contributed by atoms with E-state index in [0.717, 1.165) is 11.6 Å². The van der Waals surface area contributed by atoms with Gasteiger partial charge in [-0.25, -0.2) is 14.0 Å². The number of likely N-dealkylation sites (tertiary alicyclic amines) is 1. The Hall–Kier alpha value is -3.42. The molecule has 0 aromatic heterocycles. The second-order valence-electron chi connectivity index (χ2n) is 7.35. The molecule has 2 amide bonds. The summed E-state index contributed by atoms with van der Waals surface area (Å²) in [6.45, 7) is 0.969. The molecule has 2 aliphatic rings. The highest BCUT2D eigenvalue weighted by Gasteiger charge is 2.28. The molecule has 1 saturated heterocycles. The molecule has 0 radical (unpaired) electrons. The largest absolute Gasteiger partial charge is 0.459 e. The lowest BCUT2D eigenvalue weighted by molar-refractivity contribution is -0.115. The third-order valence-corrected chi connectivity index (χ3v) is 5.22. The van der Waals surface area contributed by atoms with Gasteiger partial charge < -0.3 is 19.7 Å². The summed E-state index contributed by atoms with van der Waals surface area (Å²) in [6, 6.07) is 11.9. The number of nitrogens with zero attached hydrogens (tertiary/aromatic N) is 1. The Labute approximate surface area is 172 Å². The van der Waals surface area contributed by atoms with Gasteiger partial charge in [0.2, 0.25) is 5.91 Å². The fourth-order valence-electron chi connectivity index (χ4n) is 3.59. The molecule has 1 fully saturated rings. The van der Waals surface area contributed by atoms with Crippen LogP contribution < -0.4 is 5.32 Å². The van der Waals surface area contributed by atoms with Crippen molar-refractivity contribution in [3.8, 4) is 0 Å². The third-order valence-electron chi connectivity index (χ3n) is 5.22. The van der Waals surface area contributed by atoms with E-state index in [2.05, 4.69) is 5.32 Å². The van der Waals surface area contributed by atoms with Crippen molar-refractivity contribution in [2.45, 2.75) is 32.0 Å². The number of fused-ring (bicyclic) bond motifs is 1. The predicted molar refractivity (Wildman–Crippen MR) is 105 cm³/mol. The van der Waals surface area contributed by atoms with Crippen LogP contribution in [0, 0.1) is 5.82 Å².